The minimum Gasteiger partial charge on any atom is -0.305 e. The average Bonchev–Trinajstić information content (AvgIpc) is 2.98. The molecule has 0 unspecified atom stereocenters. The molecule has 3 rings (SSSR count). The third-order valence-corrected chi connectivity index (χ3v) is 6.21. The molecule has 148 valence electrons. The highest BCUT2D eigenvalue weighted by Gasteiger charge is 2.13. The third kappa shape index (κ3) is 4.59. The van der Waals surface area contributed by atoms with Gasteiger partial charge in [-0.2, -0.15) is 4.99 Å². The molecular formula is C19H15N3O5S2. The van der Waals surface area contributed by atoms with Gasteiger partial charge in [0.2, 0.25) is 0 Å². The number of nitro groups is 1. The third-order valence-electron chi connectivity index (χ3n) is 4.05. The number of non-ortho nitro benzene ring substituents is 1. The monoisotopic (exact) mass is 429 g/mol. The van der Waals surface area contributed by atoms with Crippen LogP contribution in [0.25, 0.3) is 10.2 Å². The van der Waals surface area contributed by atoms with Gasteiger partial charge in [0.05, 0.1) is 33.0 Å². The van der Waals surface area contributed by atoms with Gasteiger partial charge in [0.15, 0.2) is 14.6 Å². The lowest BCUT2D eigenvalue weighted by Gasteiger charge is -2.01. The van der Waals surface area contributed by atoms with Crippen LogP contribution in [0.15, 0.2) is 52.4 Å². The standard InChI is InChI=1S/C19H15N3O5S2/c1-3-10-21-16-9-8-15(29(2,26)27)12-17(16)28-19(21)20-18(23)11-13-4-6-14(7-5-13)22(24)25/h1,4-9,12H,10-11H2,2H3. The van der Waals surface area contributed by atoms with E-state index in [4.69, 9.17) is 6.42 Å². The molecule has 0 radical (unpaired) electrons. The quantitative estimate of drug-likeness (QED) is 0.351. The Bertz CT molecular complexity index is 1330. The van der Waals surface area contributed by atoms with E-state index in [-0.39, 0.29) is 23.5 Å². The number of nitro benzene ring substituents is 1. The minimum absolute atomic E-state index is 0.0309. The van der Waals surface area contributed by atoms with E-state index in [9.17, 15) is 23.3 Å². The molecule has 1 amide bonds. The number of carbonyl (C=O) groups is 1. The van der Waals surface area contributed by atoms with Gasteiger partial charge in [0, 0.05) is 18.4 Å². The molecule has 0 fully saturated rings. The average molecular weight is 429 g/mol. The summed E-state index contributed by atoms with van der Waals surface area (Å²) in [6.07, 6.45) is 6.52. The predicted octanol–water partition coefficient (Wildman–Crippen LogP) is 2.32. The van der Waals surface area contributed by atoms with Crippen molar-refractivity contribution in [2.45, 2.75) is 17.9 Å². The van der Waals surface area contributed by atoms with Crippen molar-refractivity contribution in [1.29, 1.82) is 0 Å². The second-order valence-electron chi connectivity index (χ2n) is 6.18. The fourth-order valence-corrected chi connectivity index (χ4v) is 4.48. The van der Waals surface area contributed by atoms with Gasteiger partial charge in [0.1, 0.15) is 0 Å². The highest BCUT2D eigenvalue weighted by atomic mass is 32.2. The molecule has 0 aliphatic rings. The maximum atomic E-state index is 12.4. The lowest BCUT2D eigenvalue weighted by atomic mass is 10.1. The zero-order valence-electron chi connectivity index (χ0n) is 15.2. The zero-order valence-corrected chi connectivity index (χ0v) is 16.9. The van der Waals surface area contributed by atoms with Crippen molar-refractivity contribution >= 4 is 43.0 Å². The molecule has 0 bridgehead atoms. The van der Waals surface area contributed by atoms with E-state index in [1.807, 2.05) is 0 Å². The van der Waals surface area contributed by atoms with E-state index >= 15 is 0 Å². The van der Waals surface area contributed by atoms with Gasteiger partial charge in [0.25, 0.3) is 11.6 Å². The van der Waals surface area contributed by atoms with Crippen LogP contribution >= 0.6 is 11.3 Å². The van der Waals surface area contributed by atoms with Gasteiger partial charge in [-0.25, -0.2) is 8.42 Å². The predicted molar refractivity (Wildman–Crippen MR) is 109 cm³/mol. The fourth-order valence-electron chi connectivity index (χ4n) is 2.67. The van der Waals surface area contributed by atoms with E-state index in [2.05, 4.69) is 10.9 Å². The Morgan fingerprint density at radius 1 is 1.28 bits per heavy atom. The van der Waals surface area contributed by atoms with E-state index in [1.165, 1.54) is 47.7 Å². The first-order chi connectivity index (χ1) is 13.7. The molecule has 0 atom stereocenters. The van der Waals surface area contributed by atoms with Gasteiger partial charge in [-0.1, -0.05) is 29.4 Å². The molecule has 0 saturated heterocycles. The molecule has 0 aliphatic carbocycles. The minimum atomic E-state index is -3.37. The van der Waals surface area contributed by atoms with E-state index in [0.29, 0.717) is 20.6 Å². The van der Waals surface area contributed by atoms with Crippen LogP contribution in [0.1, 0.15) is 5.56 Å². The maximum absolute atomic E-state index is 12.4. The van der Waals surface area contributed by atoms with Crippen LogP contribution in [0.2, 0.25) is 0 Å². The van der Waals surface area contributed by atoms with Crippen molar-refractivity contribution in [3.05, 3.63) is 62.9 Å². The van der Waals surface area contributed by atoms with E-state index in [1.54, 1.807) is 10.6 Å². The molecule has 8 nitrogen and oxygen atoms in total. The summed E-state index contributed by atoms with van der Waals surface area (Å²) in [5.74, 6) is 2.06. The second kappa shape index (κ2) is 7.98. The van der Waals surface area contributed by atoms with Crippen LogP contribution in [0.4, 0.5) is 5.69 Å². The van der Waals surface area contributed by atoms with E-state index < -0.39 is 20.7 Å². The van der Waals surface area contributed by atoms with Crippen molar-refractivity contribution in [2.24, 2.45) is 4.99 Å². The lowest BCUT2D eigenvalue weighted by Crippen LogP contribution is -2.17. The molecular weight excluding hydrogens is 414 g/mol. The molecule has 2 aromatic carbocycles. The Morgan fingerprint density at radius 2 is 1.97 bits per heavy atom. The first-order valence-electron chi connectivity index (χ1n) is 8.27. The number of rotatable bonds is 5. The van der Waals surface area contributed by atoms with Gasteiger partial charge in [-0.15, -0.1) is 6.42 Å². The summed E-state index contributed by atoms with van der Waals surface area (Å²) in [5, 5.41) is 10.7. The number of hydrogen-bond acceptors (Lipinski definition) is 6. The summed E-state index contributed by atoms with van der Waals surface area (Å²) >= 11 is 1.17. The zero-order chi connectivity index (χ0) is 21.2. The molecule has 10 heteroatoms. The molecule has 3 aromatic rings. The number of benzene rings is 2. The highest BCUT2D eigenvalue weighted by molar-refractivity contribution is 7.90. The van der Waals surface area contributed by atoms with Gasteiger partial charge in [-0.05, 0) is 23.8 Å². The van der Waals surface area contributed by atoms with Gasteiger partial charge in [-0.3, -0.25) is 14.9 Å². The molecule has 0 spiro atoms. The number of fused-ring (bicyclic) bond motifs is 1. The summed E-state index contributed by atoms with van der Waals surface area (Å²) in [4.78, 5) is 27.3. The topological polar surface area (TPSA) is 112 Å². The van der Waals surface area contributed by atoms with E-state index in [0.717, 1.165) is 6.26 Å². The summed E-state index contributed by atoms with van der Waals surface area (Å²) in [7, 11) is -3.37. The summed E-state index contributed by atoms with van der Waals surface area (Å²) in [6.45, 7) is 0.169. The fraction of sp³-hybridized carbons (Fsp3) is 0.158. The smallest absolute Gasteiger partial charge is 0.269 e. The first-order valence-corrected chi connectivity index (χ1v) is 11.0. The number of amides is 1. The van der Waals surface area contributed by atoms with Crippen molar-refractivity contribution in [2.75, 3.05) is 6.26 Å². The Kier molecular flexibility index (Phi) is 5.63. The van der Waals surface area contributed by atoms with Crippen molar-refractivity contribution in [1.82, 2.24) is 4.57 Å². The van der Waals surface area contributed by atoms with Crippen LogP contribution in [-0.4, -0.2) is 30.1 Å². The first kappa shape index (κ1) is 20.4. The highest BCUT2D eigenvalue weighted by Crippen LogP contribution is 2.22. The maximum Gasteiger partial charge on any atom is 0.269 e. The van der Waals surface area contributed by atoms with Crippen LogP contribution < -0.4 is 4.80 Å². The number of sulfone groups is 1. The van der Waals surface area contributed by atoms with Crippen LogP contribution in [0.3, 0.4) is 0 Å². The number of hydrogen-bond donors (Lipinski definition) is 0. The van der Waals surface area contributed by atoms with Crippen LogP contribution in [0, 0.1) is 22.5 Å². The number of terminal acetylenes is 1. The van der Waals surface area contributed by atoms with Gasteiger partial charge < -0.3 is 4.57 Å². The van der Waals surface area contributed by atoms with Crippen LogP contribution in [-0.2, 0) is 27.6 Å². The number of thiazole rings is 1. The Hall–Kier alpha value is -3.29. The molecule has 0 N–H and O–H groups in total. The normalized spacial score (nSPS) is 12.1. The number of nitrogens with zero attached hydrogens (tertiary/aromatic N) is 3. The summed E-state index contributed by atoms with van der Waals surface area (Å²) in [5.41, 5.74) is 1.21. The molecule has 1 heterocycles. The lowest BCUT2D eigenvalue weighted by molar-refractivity contribution is -0.384. The van der Waals surface area contributed by atoms with Crippen molar-refractivity contribution in [3.63, 3.8) is 0 Å². The van der Waals surface area contributed by atoms with Gasteiger partial charge >= 0.3 is 0 Å². The Balaban J connectivity index is 1.99. The molecule has 0 aliphatic heterocycles. The molecule has 29 heavy (non-hydrogen) atoms. The second-order valence-corrected chi connectivity index (χ2v) is 9.21. The molecule has 0 saturated carbocycles. The Morgan fingerprint density at radius 3 is 2.55 bits per heavy atom. The van der Waals surface area contributed by atoms with Crippen molar-refractivity contribution < 1.29 is 18.1 Å². The molecule has 1 aromatic heterocycles. The summed E-state index contributed by atoms with van der Waals surface area (Å²) in [6, 6.07) is 10.3. The number of carbonyl (C=O) groups excluding carboxylic acids is 1. The SMILES string of the molecule is C#CCn1c(=NC(=O)Cc2ccc([N+](=O)[O-])cc2)sc2cc(S(C)(=O)=O)ccc21. The largest absolute Gasteiger partial charge is 0.305 e. The summed E-state index contributed by atoms with van der Waals surface area (Å²) < 4.78 is 25.9. The number of aromatic nitrogens is 1. The Labute approximate surface area is 170 Å². The van der Waals surface area contributed by atoms with Crippen molar-refractivity contribution in [3.8, 4) is 12.3 Å². The van der Waals surface area contributed by atoms with Crippen LogP contribution in [0.5, 0.6) is 0 Å².